The van der Waals surface area contributed by atoms with E-state index < -0.39 is 0 Å². The van der Waals surface area contributed by atoms with E-state index in [0.717, 1.165) is 18.8 Å². The molecule has 0 amide bonds. The van der Waals surface area contributed by atoms with Crippen LogP contribution in [-0.2, 0) is 13.1 Å². The van der Waals surface area contributed by atoms with E-state index in [-0.39, 0.29) is 0 Å². The highest BCUT2D eigenvalue weighted by Gasteiger charge is 2.10. The average molecular weight is 279 g/mol. The molecule has 0 aliphatic heterocycles. The van der Waals surface area contributed by atoms with Crippen LogP contribution in [0.5, 0.6) is 0 Å². The number of aromatic nitrogens is 2. The predicted molar refractivity (Wildman–Crippen MR) is 87.5 cm³/mol. The Balaban J connectivity index is 2.06. The van der Waals surface area contributed by atoms with Crippen molar-refractivity contribution >= 4 is 10.9 Å². The van der Waals surface area contributed by atoms with Gasteiger partial charge in [-0.2, -0.15) is 5.10 Å². The van der Waals surface area contributed by atoms with Crippen molar-refractivity contribution in [3.8, 4) is 0 Å². The quantitative estimate of drug-likeness (QED) is 0.793. The lowest BCUT2D eigenvalue weighted by Crippen LogP contribution is -2.08. The van der Waals surface area contributed by atoms with Crippen LogP contribution in [0.25, 0.3) is 10.9 Å². The molecule has 3 nitrogen and oxygen atoms in total. The fraction of sp³-hybridized carbons (Fsp3) is 0.278. The number of fused-ring (bicyclic) bond motifs is 1. The minimum absolute atomic E-state index is 0.792. The van der Waals surface area contributed by atoms with Gasteiger partial charge < -0.3 is 5.32 Å². The first kappa shape index (κ1) is 13.8. The Labute approximate surface area is 125 Å². The van der Waals surface area contributed by atoms with Crippen molar-refractivity contribution in [2.75, 3.05) is 7.05 Å². The molecule has 3 rings (SSSR count). The van der Waals surface area contributed by atoms with Gasteiger partial charge in [0.25, 0.3) is 0 Å². The number of benzene rings is 2. The molecule has 0 spiro atoms. The van der Waals surface area contributed by atoms with Crippen molar-refractivity contribution in [3.05, 3.63) is 64.8 Å². The molecule has 21 heavy (non-hydrogen) atoms. The van der Waals surface area contributed by atoms with Crippen molar-refractivity contribution < 1.29 is 0 Å². The number of hydrogen-bond donors (Lipinski definition) is 1. The van der Waals surface area contributed by atoms with Gasteiger partial charge in [-0.05, 0) is 38.1 Å². The second-order valence-corrected chi connectivity index (χ2v) is 5.58. The molecule has 0 aliphatic rings. The van der Waals surface area contributed by atoms with E-state index >= 15 is 0 Å². The third-order valence-corrected chi connectivity index (χ3v) is 3.90. The first-order valence-corrected chi connectivity index (χ1v) is 7.34. The van der Waals surface area contributed by atoms with E-state index in [1.807, 2.05) is 7.05 Å². The third kappa shape index (κ3) is 2.69. The molecule has 0 bridgehead atoms. The van der Waals surface area contributed by atoms with Crippen LogP contribution in [0.1, 0.15) is 22.4 Å². The number of nitrogens with zero attached hydrogens (tertiary/aromatic N) is 2. The molecule has 3 aromatic rings. The number of para-hydroxylation sites is 1. The Bertz CT molecular complexity index is 771. The second-order valence-electron chi connectivity index (χ2n) is 5.58. The first-order valence-electron chi connectivity index (χ1n) is 7.34. The predicted octanol–water partition coefficient (Wildman–Crippen LogP) is 3.42. The fourth-order valence-electron chi connectivity index (χ4n) is 2.75. The summed E-state index contributed by atoms with van der Waals surface area (Å²) < 4.78 is 2.11. The summed E-state index contributed by atoms with van der Waals surface area (Å²) in [5, 5.41) is 9.23. The zero-order valence-electron chi connectivity index (χ0n) is 12.9. The average Bonchev–Trinajstić information content (AvgIpc) is 2.82. The third-order valence-electron chi connectivity index (χ3n) is 3.90. The summed E-state index contributed by atoms with van der Waals surface area (Å²) in [4.78, 5) is 0. The molecule has 0 saturated heterocycles. The van der Waals surface area contributed by atoms with E-state index in [2.05, 4.69) is 66.3 Å². The van der Waals surface area contributed by atoms with Crippen molar-refractivity contribution in [2.45, 2.75) is 26.9 Å². The van der Waals surface area contributed by atoms with Crippen LogP contribution < -0.4 is 5.32 Å². The maximum atomic E-state index is 4.80. The van der Waals surface area contributed by atoms with Crippen LogP contribution in [0.3, 0.4) is 0 Å². The van der Waals surface area contributed by atoms with Crippen molar-refractivity contribution in [2.24, 2.45) is 0 Å². The highest BCUT2D eigenvalue weighted by molar-refractivity contribution is 5.82. The molecular formula is C18H21N3. The standard InChI is InChI=1S/C18H21N3/c1-13-8-9-14(2)15(10-13)12-21-18-7-5-4-6-16(18)17(20-21)11-19-3/h4-10,19H,11-12H2,1-3H3. The van der Waals surface area contributed by atoms with Gasteiger partial charge in [-0.3, -0.25) is 4.68 Å². The Morgan fingerprint density at radius 3 is 2.71 bits per heavy atom. The van der Waals surface area contributed by atoms with Gasteiger partial charge in [0, 0.05) is 11.9 Å². The van der Waals surface area contributed by atoms with E-state index in [1.165, 1.54) is 27.6 Å². The van der Waals surface area contributed by atoms with Gasteiger partial charge in [-0.1, -0.05) is 42.0 Å². The molecule has 0 atom stereocenters. The van der Waals surface area contributed by atoms with Crippen molar-refractivity contribution in [3.63, 3.8) is 0 Å². The maximum absolute atomic E-state index is 4.80. The number of aryl methyl sites for hydroxylation is 2. The van der Waals surface area contributed by atoms with Gasteiger partial charge in [-0.25, -0.2) is 0 Å². The molecule has 1 heterocycles. The molecule has 0 unspecified atom stereocenters. The molecule has 0 aliphatic carbocycles. The Morgan fingerprint density at radius 2 is 1.90 bits per heavy atom. The number of hydrogen-bond acceptors (Lipinski definition) is 2. The minimum atomic E-state index is 0.792. The number of rotatable bonds is 4. The van der Waals surface area contributed by atoms with Crippen molar-refractivity contribution in [1.82, 2.24) is 15.1 Å². The topological polar surface area (TPSA) is 29.9 Å². The van der Waals surface area contributed by atoms with Crippen LogP contribution in [0.2, 0.25) is 0 Å². The minimum Gasteiger partial charge on any atom is -0.314 e. The summed E-state index contributed by atoms with van der Waals surface area (Å²) in [6.45, 7) is 5.91. The zero-order chi connectivity index (χ0) is 14.8. The van der Waals surface area contributed by atoms with E-state index in [4.69, 9.17) is 5.10 Å². The summed E-state index contributed by atoms with van der Waals surface area (Å²) in [5.74, 6) is 0. The monoisotopic (exact) mass is 279 g/mol. The van der Waals surface area contributed by atoms with Crippen LogP contribution in [-0.4, -0.2) is 16.8 Å². The molecule has 108 valence electrons. The van der Waals surface area contributed by atoms with E-state index in [1.54, 1.807) is 0 Å². The molecule has 0 saturated carbocycles. The summed E-state index contributed by atoms with van der Waals surface area (Å²) in [5.41, 5.74) is 6.25. The van der Waals surface area contributed by atoms with Gasteiger partial charge in [0.2, 0.25) is 0 Å². The summed E-state index contributed by atoms with van der Waals surface area (Å²) >= 11 is 0. The molecular weight excluding hydrogens is 258 g/mol. The first-order chi connectivity index (χ1) is 10.2. The Morgan fingerprint density at radius 1 is 1.10 bits per heavy atom. The van der Waals surface area contributed by atoms with Gasteiger partial charge in [-0.15, -0.1) is 0 Å². The Hall–Kier alpha value is -2.13. The number of nitrogens with one attached hydrogen (secondary N) is 1. The highest BCUT2D eigenvalue weighted by atomic mass is 15.3. The molecule has 2 aromatic carbocycles. The van der Waals surface area contributed by atoms with Gasteiger partial charge >= 0.3 is 0 Å². The van der Waals surface area contributed by atoms with Gasteiger partial charge in [0.05, 0.1) is 17.8 Å². The van der Waals surface area contributed by atoms with Crippen LogP contribution in [0.15, 0.2) is 42.5 Å². The zero-order valence-corrected chi connectivity index (χ0v) is 12.9. The maximum Gasteiger partial charge on any atom is 0.0841 e. The SMILES string of the molecule is CNCc1nn(Cc2cc(C)ccc2C)c2ccccc12. The van der Waals surface area contributed by atoms with Crippen LogP contribution in [0, 0.1) is 13.8 Å². The summed E-state index contributed by atoms with van der Waals surface area (Å²) in [6, 6.07) is 15.0. The molecule has 1 aromatic heterocycles. The largest absolute Gasteiger partial charge is 0.314 e. The van der Waals surface area contributed by atoms with Gasteiger partial charge in [0.15, 0.2) is 0 Å². The lowest BCUT2D eigenvalue weighted by Gasteiger charge is -2.08. The van der Waals surface area contributed by atoms with Gasteiger partial charge in [0.1, 0.15) is 0 Å². The normalized spacial score (nSPS) is 11.2. The van der Waals surface area contributed by atoms with Crippen LogP contribution >= 0.6 is 0 Å². The fourth-order valence-corrected chi connectivity index (χ4v) is 2.75. The molecule has 3 heteroatoms. The smallest absolute Gasteiger partial charge is 0.0841 e. The lowest BCUT2D eigenvalue weighted by molar-refractivity contribution is 0.674. The van der Waals surface area contributed by atoms with E-state index in [0.29, 0.717) is 0 Å². The van der Waals surface area contributed by atoms with Crippen molar-refractivity contribution in [1.29, 1.82) is 0 Å². The highest BCUT2D eigenvalue weighted by Crippen LogP contribution is 2.20. The summed E-state index contributed by atoms with van der Waals surface area (Å²) in [6.07, 6.45) is 0. The van der Waals surface area contributed by atoms with Crippen LogP contribution in [0.4, 0.5) is 0 Å². The second kappa shape index (κ2) is 5.70. The molecule has 0 fully saturated rings. The van der Waals surface area contributed by atoms with E-state index in [9.17, 15) is 0 Å². The summed E-state index contributed by atoms with van der Waals surface area (Å²) in [7, 11) is 1.96. The Kier molecular flexibility index (Phi) is 3.76. The molecule has 1 N–H and O–H groups in total. The lowest BCUT2D eigenvalue weighted by atomic mass is 10.1. The molecule has 0 radical (unpaired) electrons.